The fraction of sp³-hybridized carbons (Fsp3) is 0.238. The lowest BCUT2D eigenvalue weighted by Gasteiger charge is -2.03. The molecule has 0 spiro atoms. The number of nitrogens with zero attached hydrogens (tertiary/aromatic N) is 2. The third-order valence-electron chi connectivity index (χ3n) is 4.36. The fourth-order valence-corrected chi connectivity index (χ4v) is 2.96. The third kappa shape index (κ3) is 3.77. The van der Waals surface area contributed by atoms with E-state index < -0.39 is 0 Å². The average Bonchev–Trinajstić information content (AvgIpc) is 2.97. The van der Waals surface area contributed by atoms with Crippen LogP contribution in [-0.2, 0) is 6.42 Å². The largest absolute Gasteiger partial charge is 0.497 e. The maximum atomic E-state index is 12.8. The number of hydrogen-bond acceptors (Lipinski definition) is 3. The quantitative estimate of drug-likeness (QED) is 0.692. The normalized spacial score (nSPS) is 11.6. The first-order chi connectivity index (χ1) is 12.6. The van der Waals surface area contributed by atoms with Gasteiger partial charge in [0.15, 0.2) is 0 Å². The van der Waals surface area contributed by atoms with Crippen LogP contribution in [0.3, 0.4) is 0 Å². The van der Waals surface area contributed by atoms with Gasteiger partial charge in [0.05, 0.1) is 18.4 Å². The molecule has 134 valence electrons. The highest BCUT2D eigenvalue weighted by molar-refractivity contribution is 5.99. The van der Waals surface area contributed by atoms with Gasteiger partial charge in [-0.15, -0.1) is 0 Å². The summed E-state index contributed by atoms with van der Waals surface area (Å²) in [4.78, 5) is 17.4. The van der Waals surface area contributed by atoms with Crippen LogP contribution in [0.2, 0.25) is 0 Å². The Labute approximate surface area is 153 Å². The molecule has 0 saturated heterocycles. The smallest absolute Gasteiger partial charge is 0.280 e. The van der Waals surface area contributed by atoms with Gasteiger partial charge in [0, 0.05) is 18.0 Å². The SMILES string of the molecule is COc1ccc(-n2[nH]c(C)c(C(C)=NCCc3ccccc3)c2=O)cc1. The first-order valence-electron chi connectivity index (χ1n) is 8.61. The zero-order chi connectivity index (χ0) is 18.5. The van der Waals surface area contributed by atoms with E-state index in [1.54, 1.807) is 11.8 Å². The summed E-state index contributed by atoms with van der Waals surface area (Å²) >= 11 is 0. The van der Waals surface area contributed by atoms with Gasteiger partial charge in [0.2, 0.25) is 0 Å². The minimum absolute atomic E-state index is 0.0892. The predicted molar refractivity (Wildman–Crippen MR) is 105 cm³/mol. The molecule has 5 nitrogen and oxygen atoms in total. The van der Waals surface area contributed by atoms with Gasteiger partial charge < -0.3 is 4.74 Å². The van der Waals surface area contributed by atoms with Crippen molar-refractivity contribution in [2.75, 3.05) is 13.7 Å². The maximum absolute atomic E-state index is 12.8. The van der Waals surface area contributed by atoms with Gasteiger partial charge in [-0.25, -0.2) is 4.68 Å². The van der Waals surface area contributed by atoms with Crippen molar-refractivity contribution in [1.82, 2.24) is 9.78 Å². The third-order valence-corrected chi connectivity index (χ3v) is 4.36. The Morgan fingerprint density at radius 2 is 1.81 bits per heavy atom. The fourth-order valence-electron chi connectivity index (χ4n) is 2.96. The number of hydrogen-bond donors (Lipinski definition) is 1. The van der Waals surface area contributed by atoms with Gasteiger partial charge in [0.25, 0.3) is 5.56 Å². The van der Waals surface area contributed by atoms with Gasteiger partial charge in [0.1, 0.15) is 5.75 Å². The molecule has 1 heterocycles. The number of H-pyrrole nitrogens is 1. The van der Waals surface area contributed by atoms with Crippen LogP contribution in [0.1, 0.15) is 23.7 Å². The number of aromatic amines is 1. The molecule has 5 heteroatoms. The molecule has 0 aliphatic rings. The highest BCUT2D eigenvalue weighted by Gasteiger charge is 2.14. The van der Waals surface area contributed by atoms with E-state index in [1.807, 2.05) is 56.3 Å². The van der Waals surface area contributed by atoms with Gasteiger partial charge in [-0.2, -0.15) is 0 Å². The Hall–Kier alpha value is -3.08. The Kier molecular flexibility index (Phi) is 5.37. The van der Waals surface area contributed by atoms with Crippen LogP contribution in [-0.4, -0.2) is 29.1 Å². The van der Waals surface area contributed by atoms with Crippen LogP contribution in [0.15, 0.2) is 64.4 Å². The second kappa shape index (κ2) is 7.87. The Bertz CT molecular complexity index is 951. The van der Waals surface area contributed by atoms with Crippen molar-refractivity contribution in [3.8, 4) is 11.4 Å². The molecule has 0 unspecified atom stereocenters. The van der Waals surface area contributed by atoms with E-state index >= 15 is 0 Å². The summed E-state index contributed by atoms with van der Waals surface area (Å²) in [5.41, 5.74) is 4.12. The van der Waals surface area contributed by atoms with E-state index in [2.05, 4.69) is 22.2 Å². The Morgan fingerprint density at radius 3 is 2.46 bits per heavy atom. The molecule has 1 N–H and O–H groups in total. The van der Waals surface area contributed by atoms with Gasteiger partial charge in [-0.1, -0.05) is 30.3 Å². The number of aliphatic imine (C=N–C) groups is 1. The lowest BCUT2D eigenvalue weighted by atomic mass is 10.1. The lowest BCUT2D eigenvalue weighted by Crippen LogP contribution is -2.19. The number of aryl methyl sites for hydroxylation is 1. The van der Waals surface area contributed by atoms with E-state index in [0.717, 1.165) is 29.3 Å². The molecular formula is C21H23N3O2. The number of aromatic nitrogens is 2. The molecule has 2 aromatic carbocycles. The number of methoxy groups -OCH3 is 1. The zero-order valence-electron chi connectivity index (χ0n) is 15.3. The summed E-state index contributed by atoms with van der Waals surface area (Å²) in [5, 5.41) is 3.14. The molecule has 0 atom stereocenters. The van der Waals surface area contributed by atoms with Crippen LogP contribution in [0.5, 0.6) is 5.75 Å². The second-order valence-corrected chi connectivity index (χ2v) is 6.15. The summed E-state index contributed by atoms with van der Waals surface area (Å²) in [6.45, 7) is 4.44. The van der Waals surface area contributed by atoms with Crippen molar-refractivity contribution >= 4 is 5.71 Å². The van der Waals surface area contributed by atoms with E-state index in [0.29, 0.717) is 12.1 Å². The van der Waals surface area contributed by atoms with Crippen LogP contribution in [0.4, 0.5) is 0 Å². The molecule has 0 aliphatic carbocycles. The standard InChI is InChI=1S/C21H23N3O2/c1-15(22-14-13-17-7-5-4-6-8-17)20-16(2)23-24(21(20)25)18-9-11-19(26-3)12-10-18/h4-12,23H,13-14H2,1-3H3. The lowest BCUT2D eigenvalue weighted by molar-refractivity contribution is 0.414. The van der Waals surface area contributed by atoms with Crippen molar-refractivity contribution in [1.29, 1.82) is 0 Å². The van der Waals surface area contributed by atoms with E-state index in [9.17, 15) is 4.79 Å². The molecular weight excluding hydrogens is 326 g/mol. The van der Waals surface area contributed by atoms with Gasteiger partial charge in [-0.3, -0.25) is 14.9 Å². The van der Waals surface area contributed by atoms with Crippen LogP contribution >= 0.6 is 0 Å². The van der Waals surface area contributed by atoms with Crippen molar-refractivity contribution in [3.05, 3.63) is 81.8 Å². The van der Waals surface area contributed by atoms with Gasteiger partial charge >= 0.3 is 0 Å². The number of ether oxygens (including phenoxy) is 1. The summed E-state index contributed by atoms with van der Waals surface area (Å²) in [6, 6.07) is 17.6. The van der Waals surface area contributed by atoms with Gasteiger partial charge in [-0.05, 0) is 50.1 Å². The minimum Gasteiger partial charge on any atom is -0.497 e. The van der Waals surface area contributed by atoms with Crippen LogP contribution in [0, 0.1) is 6.92 Å². The zero-order valence-corrected chi connectivity index (χ0v) is 15.3. The first kappa shape index (κ1) is 17.7. The highest BCUT2D eigenvalue weighted by Crippen LogP contribution is 2.14. The highest BCUT2D eigenvalue weighted by atomic mass is 16.5. The molecule has 3 rings (SSSR count). The number of benzene rings is 2. The molecule has 0 aliphatic heterocycles. The summed E-state index contributed by atoms with van der Waals surface area (Å²) in [6.07, 6.45) is 0.855. The molecule has 0 fully saturated rings. The van der Waals surface area contributed by atoms with E-state index in [1.165, 1.54) is 5.56 Å². The second-order valence-electron chi connectivity index (χ2n) is 6.15. The summed E-state index contributed by atoms with van der Waals surface area (Å²) in [5.74, 6) is 0.754. The number of nitrogens with one attached hydrogen (secondary N) is 1. The summed E-state index contributed by atoms with van der Waals surface area (Å²) in [7, 11) is 1.62. The minimum atomic E-state index is -0.0892. The summed E-state index contributed by atoms with van der Waals surface area (Å²) < 4.78 is 6.71. The molecule has 0 amide bonds. The van der Waals surface area contributed by atoms with Crippen LogP contribution < -0.4 is 10.3 Å². The molecule has 0 bridgehead atoms. The molecule has 3 aromatic rings. The predicted octanol–water partition coefficient (Wildman–Crippen LogP) is 3.53. The molecule has 1 aromatic heterocycles. The Balaban J connectivity index is 1.82. The monoisotopic (exact) mass is 349 g/mol. The Morgan fingerprint density at radius 1 is 1.12 bits per heavy atom. The molecule has 26 heavy (non-hydrogen) atoms. The topological polar surface area (TPSA) is 59.4 Å². The first-order valence-corrected chi connectivity index (χ1v) is 8.61. The number of rotatable bonds is 6. The van der Waals surface area contributed by atoms with Crippen molar-refractivity contribution in [2.24, 2.45) is 4.99 Å². The maximum Gasteiger partial charge on any atom is 0.280 e. The van der Waals surface area contributed by atoms with Crippen molar-refractivity contribution < 1.29 is 4.74 Å². The average molecular weight is 349 g/mol. The molecule has 0 saturated carbocycles. The van der Waals surface area contributed by atoms with Crippen molar-refractivity contribution in [2.45, 2.75) is 20.3 Å². The molecule has 0 radical (unpaired) electrons. The van der Waals surface area contributed by atoms with Crippen LogP contribution in [0.25, 0.3) is 5.69 Å². The van der Waals surface area contributed by atoms with E-state index in [4.69, 9.17) is 4.74 Å². The van der Waals surface area contributed by atoms with E-state index in [-0.39, 0.29) is 5.56 Å². The van der Waals surface area contributed by atoms with Crippen molar-refractivity contribution in [3.63, 3.8) is 0 Å².